The van der Waals surface area contributed by atoms with Gasteiger partial charge in [-0.15, -0.1) is 11.3 Å². The molecule has 1 aromatic rings. The number of piperazine rings is 1. The summed E-state index contributed by atoms with van der Waals surface area (Å²) in [6.07, 6.45) is 0. The normalized spacial score (nSPS) is 24.0. The highest BCUT2D eigenvalue weighted by atomic mass is 32.1. The van der Waals surface area contributed by atoms with Gasteiger partial charge in [0.2, 0.25) is 0 Å². The van der Waals surface area contributed by atoms with Crippen molar-refractivity contribution in [1.29, 1.82) is 0 Å². The van der Waals surface area contributed by atoms with E-state index in [0.717, 1.165) is 19.6 Å². The third-order valence-corrected chi connectivity index (χ3v) is 3.96. The van der Waals surface area contributed by atoms with Crippen LogP contribution >= 0.6 is 11.3 Å². The van der Waals surface area contributed by atoms with Crippen molar-refractivity contribution < 1.29 is 0 Å². The van der Waals surface area contributed by atoms with Crippen molar-refractivity contribution in [2.45, 2.75) is 26.4 Å². The number of thiophene rings is 1. The fourth-order valence-corrected chi connectivity index (χ4v) is 2.80. The molecule has 14 heavy (non-hydrogen) atoms. The fourth-order valence-electron chi connectivity index (χ4n) is 1.87. The average molecular weight is 210 g/mol. The maximum atomic E-state index is 3.42. The largest absolute Gasteiger partial charge is 0.314 e. The highest BCUT2D eigenvalue weighted by Crippen LogP contribution is 2.19. The van der Waals surface area contributed by atoms with Crippen LogP contribution in [0.5, 0.6) is 0 Å². The minimum atomic E-state index is 0.672. The Kier molecular flexibility index (Phi) is 3.21. The average Bonchev–Trinajstić information content (AvgIpc) is 2.56. The molecule has 1 aromatic heterocycles. The maximum Gasteiger partial charge on any atom is 0.0334 e. The Labute approximate surface area is 89.9 Å². The van der Waals surface area contributed by atoms with Crippen molar-refractivity contribution >= 4 is 11.3 Å². The molecule has 1 aliphatic rings. The summed E-state index contributed by atoms with van der Waals surface area (Å²) in [5.41, 5.74) is 1.45. The molecule has 1 atom stereocenters. The first kappa shape index (κ1) is 10.1. The number of aryl methyl sites for hydroxylation is 1. The predicted molar refractivity (Wildman–Crippen MR) is 61.8 cm³/mol. The van der Waals surface area contributed by atoms with Crippen molar-refractivity contribution in [3.8, 4) is 0 Å². The standard InChI is InChI=1S/C11H18N2S/c1-9-3-6-14-11(9)8-13-5-4-12-7-10(13)2/h3,6,10,12H,4-5,7-8H2,1-2H3. The molecule has 1 fully saturated rings. The first-order valence-corrected chi connectivity index (χ1v) is 6.13. The molecule has 1 saturated heterocycles. The topological polar surface area (TPSA) is 15.3 Å². The first-order chi connectivity index (χ1) is 6.77. The van der Waals surface area contributed by atoms with E-state index in [-0.39, 0.29) is 0 Å². The van der Waals surface area contributed by atoms with Crippen molar-refractivity contribution in [2.24, 2.45) is 0 Å². The predicted octanol–water partition coefficient (Wildman–Crippen LogP) is 1.85. The van der Waals surface area contributed by atoms with Gasteiger partial charge in [-0.2, -0.15) is 0 Å². The van der Waals surface area contributed by atoms with E-state index >= 15 is 0 Å². The number of rotatable bonds is 2. The van der Waals surface area contributed by atoms with E-state index in [1.807, 2.05) is 11.3 Å². The molecule has 0 spiro atoms. The molecule has 1 N–H and O–H groups in total. The number of hydrogen-bond acceptors (Lipinski definition) is 3. The Morgan fingerprint density at radius 3 is 3.14 bits per heavy atom. The first-order valence-electron chi connectivity index (χ1n) is 5.25. The summed E-state index contributed by atoms with van der Waals surface area (Å²) in [6.45, 7) is 9.08. The Balaban J connectivity index is 1.99. The molecule has 0 aliphatic carbocycles. The molecule has 2 rings (SSSR count). The second-order valence-corrected chi connectivity index (χ2v) is 5.05. The molecule has 2 heterocycles. The monoisotopic (exact) mass is 210 g/mol. The zero-order chi connectivity index (χ0) is 9.97. The number of nitrogens with one attached hydrogen (secondary N) is 1. The Morgan fingerprint density at radius 1 is 1.64 bits per heavy atom. The van der Waals surface area contributed by atoms with Gasteiger partial charge in [0.25, 0.3) is 0 Å². The highest BCUT2D eigenvalue weighted by molar-refractivity contribution is 7.10. The van der Waals surface area contributed by atoms with Crippen LogP contribution in [0.15, 0.2) is 11.4 Å². The van der Waals surface area contributed by atoms with Gasteiger partial charge in [-0.05, 0) is 30.9 Å². The molecule has 0 bridgehead atoms. The van der Waals surface area contributed by atoms with Gasteiger partial charge in [-0.1, -0.05) is 0 Å². The van der Waals surface area contributed by atoms with E-state index in [2.05, 4.69) is 35.5 Å². The van der Waals surface area contributed by atoms with E-state index < -0.39 is 0 Å². The van der Waals surface area contributed by atoms with Crippen molar-refractivity contribution in [2.75, 3.05) is 19.6 Å². The molecule has 1 unspecified atom stereocenters. The summed E-state index contributed by atoms with van der Waals surface area (Å²) in [5.74, 6) is 0. The smallest absolute Gasteiger partial charge is 0.0334 e. The minimum Gasteiger partial charge on any atom is -0.314 e. The zero-order valence-corrected chi connectivity index (χ0v) is 9.73. The molecule has 0 aromatic carbocycles. The summed E-state index contributed by atoms with van der Waals surface area (Å²) in [6, 6.07) is 2.89. The molecule has 1 aliphatic heterocycles. The van der Waals surface area contributed by atoms with E-state index in [0.29, 0.717) is 6.04 Å². The van der Waals surface area contributed by atoms with Crippen LogP contribution in [0, 0.1) is 6.92 Å². The lowest BCUT2D eigenvalue weighted by atomic mass is 10.2. The van der Waals surface area contributed by atoms with Crippen LogP contribution in [0.25, 0.3) is 0 Å². The van der Waals surface area contributed by atoms with Crippen molar-refractivity contribution in [3.05, 3.63) is 21.9 Å². The fraction of sp³-hybridized carbons (Fsp3) is 0.636. The van der Waals surface area contributed by atoms with Crippen LogP contribution in [0.1, 0.15) is 17.4 Å². The third kappa shape index (κ3) is 2.16. The quantitative estimate of drug-likeness (QED) is 0.801. The summed E-state index contributed by atoms with van der Waals surface area (Å²) < 4.78 is 0. The number of nitrogens with zero attached hydrogens (tertiary/aromatic N) is 1. The number of hydrogen-bond donors (Lipinski definition) is 1. The second-order valence-electron chi connectivity index (χ2n) is 4.05. The molecule has 0 radical (unpaired) electrons. The Bertz CT molecular complexity index is 295. The van der Waals surface area contributed by atoms with Crippen LogP contribution in [0.3, 0.4) is 0 Å². The van der Waals surface area contributed by atoms with Crippen molar-refractivity contribution in [3.63, 3.8) is 0 Å². The van der Waals surface area contributed by atoms with Gasteiger partial charge in [0.05, 0.1) is 0 Å². The van der Waals surface area contributed by atoms with Gasteiger partial charge in [-0.25, -0.2) is 0 Å². The summed E-state index contributed by atoms with van der Waals surface area (Å²) >= 11 is 1.88. The molecule has 78 valence electrons. The molecule has 2 nitrogen and oxygen atoms in total. The van der Waals surface area contributed by atoms with Gasteiger partial charge in [-0.3, -0.25) is 4.90 Å². The summed E-state index contributed by atoms with van der Waals surface area (Å²) in [5, 5.41) is 5.61. The van der Waals surface area contributed by atoms with Crippen molar-refractivity contribution in [1.82, 2.24) is 10.2 Å². The van der Waals surface area contributed by atoms with Gasteiger partial charge in [0, 0.05) is 37.1 Å². The van der Waals surface area contributed by atoms with Crippen LogP contribution in [-0.4, -0.2) is 30.6 Å². The molecule has 3 heteroatoms. The van der Waals surface area contributed by atoms with Gasteiger partial charge in [0.15, 0.2) is 0 Å². The maximum absolute atomic E-state index is 3.42. The zero-order valence-electron chi connectivity index (χ0n) is 8.92. The van der Waals surface area contributed by atoms with Crippen LogP contribution in [0.4, 0.5) is 0 Å². The summed E-state index contributed by atoms with van der Waals surface area (Å²) in [7, 11) is 0. The molecule has 0 amide bonds. The SMILES string of the molecule is Cc1ccsc1CN1CCNCC1C. The van der Waals surface area contributed by atoms with Crippen LogP contribution in [0.2, 0.25) is 0 Å². The molecular formula is C11H18N2S. The van der Waals surface area contributed by atoms with Gasteiger partial charge < -0.3 is 5.32 Å². The van der Waals surface area contributed by atoms with Gasteiger partial charge >= 0.3 is 0 Å². The van der Waals surface area contributed by atoms with E-state index in [4.69, 9.17) is 0 Å². The van der Waals surface area contributed by atoms with E-state index in [1.54, 1.807) is 0 Å². The van der Waals surface area contributed by atoms with Gasteiger partial charge in [0.1, 0.15) is 0 Å². The lowest BCUT2D eigenvalue weighted by Crippen LogP contribution is -2.49. The lowest BCUT2D eigenvalue weighted by Gasteiger charge is -2.33. The second kappa shape index (κ2) is 4.43. The molecular weight excluding hydrogens is 192 g/mol. The minimum absolute atomic E-state index is 0.672. The Hall–Kier alpha value is -0.380. The highest BCUT2D eigenvalue weighted by Gasteiger charge is 2.18. The van der Waals surface area contributed by atoms with E-state index in [9.17, 15) is 0 Å². The van der Waals surface area contributed by atoms with Crippen LogP contribution in [-0.2, 0) is 6.54 Å². The Morgan fingerprint density at radius 2 is 2.50 bits per heavy atom. The van der Waals surface area contributed by atoms with E-state index in [1.165, 1.54) is 17.0 Å². The third-order valence-electron chi connectivity index (χ3n) is 2.95. The summed E-state index contributed by atoms with van der Waals surface area (Å²) in [4.78, 5) is 4.09. The molecule has 0 saturated carbocycles. The van der Waals surface area contributed by atoms with Crippen LogP contribution < -0.4 is 5.32 Å². The lowest BCUT2D eigenvalue weighted by molar-refractivity contribution is 0.167.